The molecule has 1 rings (SSSR count). The van der Waals surface area contributed by atoms with Crippen LogP contribution in [0.1, 0.15) is 30.5 Å². The van der Waals surface area contributed by atoms with E-state index < -0.39 is 0 Å². The Morgan fingerprint density at radius 2 is 2.00 bits per heavy atom. The maximum absolute atomic E-state index is 3.83. The van der Waals surface area contributed by atoms with Gasteiger partial charge >= 0.3 is 0 Å². The zero-order chi connectivity index (χ0) is 11.3. The lowest BCUT2D eigenvalue weighted by Gasteiger charge is -2.04. The smallest absolute Gasteiger partial charge is 0.0155 e. The van der Waals surface area contributed by atoms with E-state index in [0.29, 0.717) is 0 Å². The molecule has 0 heteroatoms. The molecule has 0 aromatic heterocycles. The van der Waals surface area contributed by atoms with Crippen molar-refractivity contribution < 1.29 is 0 Å². The molecule has 0 heterocycles. The van der Waals surface area contributed by atoms with Crippen LogP contribution in [0.25, 0.3) is 12.2 Å². The first-order chi connectivity index (χ1) is 7.15. The van der Waals surface area contributed by atoms with Gasteiger partial charge in [-0.15, -0.1) is 0 Å². The van der Waals surface area contributed by atoms with Gasteiger partial charge in [-0.1, -0.05) is 54.7 Å². The molecule has 0 nitrogen and oxygen atoms in total. The van der Waals surface area contributed by atoms with Gasteiger partial charge in [0.15, 0.2) is 0 Å². The summed E-state index contributed by atoms with van der Waals surface area (Å²) < 4.78 is 0. The van der Waals surface area contributed by atoms with E-state index in [1.165, 1.54) is 22.3 Å². The van der Waals surface area contributed by atoms with Crippen LogP contribution in [0.15, 0.2) is 42.5 Å². The van der Waals surface area contributed by atoms with E-state index in [1.54, 1.807) is 0 Å². The van der Waals surface area contributed by atoms with Gasteiger partial charge in [0, 0.05) is 0 Å². The zero-order valence-electron chi connectivity index (χ0n) is 9.75. The predicted molar refractivity (Wildman–Crippen MR) is 69.7 cm³/mol. The van der Waals surface area contributed by atoms with E-state index in [9.17, 15) is 0 Å². The lowest BCUT2D eigenvalue weighted by Crippen LogP contribution is -1.84. The van der Waals surface area contributed by atoms with Crippen LogP contribution < -0.4 is 0 Å². The molecule has 0 bridgehead atoms. The van der Waals surface area contributed by atoms with E-state index in [0.717, 1.165) is 0 Å². The Bertz CT molecular complexity index is 402. The van der Waals surface area contributed by atoms with Gasteiger partial charge in [0.25, 0.3) is 0 Å². The lowest BCUT2D eigenvalue weighted by molar-refractivity contribution is 1.39. The highest BCUT2D eigenvalue weighted by molar-refractivity contribution is 5.67. The fraction of sp³-hybridized carbons (Fsp3) is 0.200. The second-order valence-corrected chi connectivity index (χ2v) is 3.89. The van der Waals surface area contributed by atoms with E-state index in [-0.39, 0.29) is 0 Å². The maximum Gasteiger partial charge on any atom is -0.0155 e. The minimum Gasteiger partial charge on any atom is -0.0984 e. The molecule has 78 valence electrons. The van der Waals surface area contributed by atoms with Gasteiger partial charge < -0.3 is 0 Å². The lowest BCUT2D eigenvalue weighted by atomic mass is 10.0. The van der Waals surface area contributed by atoms with Crippen molar-refractivity contribution >= 4 is 12.2 Å². The highest BCUT2D eigenvalue weighted by atomic mass is 14.0. The number of allylic oxidation sites excluding steroid dienone is 3. The fourth-order valence-electron chi connectivity index (χ4n) is 1.45. The van der Waals surface area contributed by atoms with E-state index >= 15 is 0 Å². The van der Waals surface area contributed by atoms with Crippen molar-refractivity contribution in [2.45, 2.75) is 20.8 Å². The Labute approximate surface area is 92.6 Å². The van der Waals surface area contributed by atoms with Gasteiger partial charge in [-0.3, -0.25) is 0 Å². The fourth-order valence-corrected chi connectivity index (χ4v) is 1.45. The summed E-state index contributed by atoms with van der Waals surface area (Å²) in [6.45, 7) is 10.1. The third-order valence-electron chi connectivity index (χ3n) is 2.27. The summed E-state index contributed by atoms with van der Waals surface area (Å²) in [4.78, 5) is 0. The average Bonchev–Trinajstić information content (AvgIpc) is 2.20. The van der Waals surface area contributed by atoms with Gasteiger partial charge in [-0.05, 0) is 37.5 Å². The topological polar surface area (TPSA) is 0 Å². The zero-order valence-corrected chi connectivity index (χ0v) is 9.75. The van der Waals surface area contributed by atoms with Crippen molar-refractivity contribution in [3.8, 4) is 0 Å². The first-order valence-electron chi connectivity index (χ1n) is 5.18. The maximum atomic E-state index is 3.83. The highest BCUT2D eigenvalue weighted by Crippen LogP contribution is 2.17. The summed E-state index contributed by atoms with van der Waals surface area (Å²) in [6.07, 6.45) is 8.23. The molecule has 15 heavy (non-hydrogen) atoms. The van der Waals surface area contributed by atoms with Crippen molar-refractivity contribution in [2.75, 3.05) is 0 Å². The van der Waals surface area contributed by atoms with Crippen LogP contribution in [0, 0.1) is 6.92 Å². The van der Waals surface area contributed by atoms with E-state index in [4.69, 9.17) is 0 Å². The number of aryl methyl sites for hydroxylation is 1. The SMILES string of the molecule is C=Cc1cccc(C)c1/C=C\C=C(C)C. The molecule has 0 N–H and O–H groups in total. The third-order valence-corrected chi connectivity index (χ3v) is 2.27. The molecule has 0 aliphatic heterocycles. The summed E-state index contributed by atoms with van der Waals surface area (Å²) in [7, 11) is 0. The molecule has 0 amide bonds. The third kappa shape index (κ3) is 3.25. The molecule has 1 aromatic carbocycles. The number of hydrogen-bond acceptors (Lipinski definition) is 0. The van der Waals surface area contributed by atoms with Crippen molar-refractivity contribution in [3.05, 3.63) is 59.2 Å². The molecule has 0 aliphatic carbocycles. The monoisotopic (exact) mass is 198 g/mol. The van der Waals surface area contributed by atoms with Crippen LogP contribution in [0.5, 0.6) is 0 Å². The average molecular weight is 198 g/mol. The van der Waals surface area contributed by atoms with Crippen molar-refractivity contribution in [2.24, 2.45) is 0 Å². The Morgan fingerprint density at radius 1 is 1.27 bits per heavy atom. The molecule has 0 fully saturated rings. The molecule has 1 aromatic rings. The van der Waals surface area contributed by atoms with Crippen molar-refractivity contribution in [1.82, 2.24) is 0 Å². The Balaban J connectivity index is 3.08. The van der Waals surface area contributed by atoms with Crippen LogP contribution in [-0.4, -0.2) is 0 Å². The molecule has 0 saturated carbocycles. The number of benzene rings is 1. The predicted octanol–water partition coefficient (Wildman–Crippen LogP) is 4.62. The van der Waals surface area contributed by atoms with Gasteiger partial charge in [-0.25, -0.2) is 0 Å². The standard InChI is InChI=1S/C15H18/c1-5-14-10-7-9-13(4)15(14)11-6-8-12(2)3/h5-11H,1H2,2-4H3/b11-6-. The molecular weight excluding hydrogens is 180 g/mol. The molecular formula is C15H18. The molecule has 0 spiro atoms. The largest absolute Gasteiger partial charge is 0.0984 e. The second-order valence-electron chi connectivity index (χ2n) is 3.89. The van der Waals surface area contributed by atoms with E-state index in [1.807, 2.05) is 6.08 Å². The van der Waals surface area contributed by atoms with Gasteiger partial charge in [0.2, 0.25) is 0 Å². The van der Waals surface area contributed by atoms with Gasteiger partial charge in [0.1, 0.15) is 0 Å². The summed E-state index contributed by atoms with van der Waals surface area (Å²) >= 11 is 0. The van der Waals surface area contributed by atoms with Crippen LogP contribution in [0.3, 0.4) is 0 Å². The Kier molecular flexibility index (Phi) is 4.11. The van der Waals surface area contributed by atoms with Crippen LogP contribution in [0.2, 0.25) is 0 Å². The molecule has 0 atom stereocenters. The van der Waals surface area contributed by atoms with Gasteiger partial charge in [-0.2, -0.15) is 0 Å². The van der Waals surface area contributed by atoms with Crippen LogP contribution in [-0.2, 0) is 0 Å². The molecule has 0 unspecified atom stereocenters. The normalized spacial score (nSPS) is 10.3. The molecule has 0 aliphatic rings. The highest BCUT2D eigenvalue weighted by Gasteiger charge is 1.97. The van der Waals surface area contributed by atoms with Crippen molar-refractivity contribution in [3.63, 3.8) is 0 Å². The van der Waals surface area contributed by atoms with E-state index in [2.05, 4.69) is 63.8 Å². The minimum atomic E-state index is 1.19. The Hall–Kier alpha value is -1.56. The molecule has 0 radical (unpaired) electrons. The summed E-state index contributed by atoms with van der Waals surface area (Å²) in [5.74, 6) is 0. The number of rotatable bonds is 3. The summed E-state index contributed by atoms with van der Waals surface area (Å²) in [5, 5.41) is 0. The Morgan fingerprint density at radius 3 is 2.60 bits per heavy atom. The minimum absolute atomic E-state index is 1.19. The van der Waals surface area contributed by atoms with Crippen LogP contribution >= 0.6 is 0 Å². The first-order valence-corrected chi connectivity index (χ1v) is 5.18. The number of hydrogen-bond donors (Lipinski definition) is 0. The summed E-state index contributed by atoms with van der Waals surface area (Å²) in [6, 6.07) is 6.27. The van der Waals surface area contributed by atoms with Gasteiger partial charge in [0.05, 0.1) is 0 Å². The molecule has 0 saturated heterocycles. The second kappa shape index (κ2) is 5.35. The summed E-state index contributed by atoms with van der Waals surface area (Å²) in [5.41, 5.74) is 5.03. The first kappa shape index (κ1) is 11.5. The van der Waals surface area contributed by atoms with Crippen LogP contribution in [0.4, 0.5) is 0 Å². The quantitative estimate of drug-likeness (QED) is 0.622. The van der Waals surface area contributed by atoms with Crippen molar-refractivity contribution in [1.29, 1.82) is 0 Å².